The van der Waals surface area contributed by atoms with Crippen molar-refractivity contribution in [1.29, 1.82) is 0 Å². The van der Waals surface area contributed by atoms with Gasteiger partial charge >= 0.3 is 0 Å². The Morgan fingerprint density at radius 3 is 2.57 bits per heavy atom. The largest absolute Gasteiger partial charge is 0.350 e. The number of nitro benzene ring substituents is 1. The summed E-state index contributed by atoms with van der Waals surface area (Å²) in [4.78, 5) is 30.8. The first-order chi connectivity index (χ1) is 13.5. The Labute approximate surface area is 170 Å². The molecular formula is C20H19BrN4O3. The molecule has 1 amide bonds. The van der Waals surface area contributed by atoms with Crippen molar-refractivity contribution in [2.45, 2.75) is 6.54 Å². The minimum Gasteiger partial charge on any atom is -0.350 e. The van der Waals surface area contributed by atoms with Gasteiger partial charge in [0.2, 0.25) is 0 Å². The molecule has 4 rings (SSSR count). The van der Waals surface area contributed by atoms with Gasteiger partial charge in [-0.25, -0.2) is 0 Å². The molecule has 0 unspecified atom stereocenters. The number of aromatic amines is 1. The van der Waals surface area contributed by atoms with Crippen LogP contribution >= 0.6 is 15.9 Å². The van der Waals surface area contributed by atoms with Crippen LogP contribution in [0.4, 0.5) is 5.69 Å². The van der Waals surface area contributed by atoms with Gasteiger partial charge in [0.05, 0.1) is 9.40 Å². The fourth-order valence-corrected chi connectivity index (χ4v) is 4.16. The van der Waals surface area contributed by atoms with E-state index in [-0.39, 0.29) is 16.5 Å². The van der Waals surface area contributed by atoms with Gasteiger partial charge in [-0.2, -0.15) is 0 Å². The summed E-state index contributed by atoms with van der Waals surface area (Å²) in [5.41, 5.74) is 2.53. The number of carbonyl (C=O) groups excluding carboxylic acids is 1. The number of nitrogens with one attached hydrogen (secondary N) is 1. The Bertz CT molecular complexity index is 1040. The predicted molar refractivity (Wildman–Crippen MR) is 110 cm³/mol. The molecule has 144 valence electrons. The van der Waals surface area contributed by atoms with Crippen LogP contribution in [0.3, 0.4) is 0 Å². The SMILES string of the molecule is O=C(c1[nH]c2ccccc2c1Br)N1CCN(Cc2cccc([N+](=O)[O-])c2)CC1. The molecule has 0 spiro atoms. The highest BCUT2D eigenvalue weighted by Gasteiger charge is 2.25. The molecule has 1 saturated heterocycles. The van der Waals surface area contributed by atoms with Crippen LogP contribution in [0.15, 0.2) is 53.0 Å². The lowest BCUT2D eigenvalue weighted by Crippen LogP contribution is -2.48. The summed E-state index contributed by atoms with van der Waals surface area (Å²) in [6, 6.07) is 14.5. The third-order valence-corrected chi connectivity index (χ3v) is 5.87. The summed E-state index contributed by atoms with van der Waals surface area (Å²) in [6.45, 7) is 3.34. The maximum Gasteiger partial charge on any atom is 0.271 e. The van der Waals surface area contributed by atoms with Gasteiger partial charge in [-0.1, -0.05) is 30.3 Å². The lowest BCUT2D eigenvalue weighted by Gasteiger charge is -2.34. The fourth-order valence-electron chi connectivity index (χ4n) is 3.55. The fraction of sp³-hybridized carbons (Fsp3) is 0.250. The number of rotatable bonds is 4. The Morgan fingerprint density at radius 2 is 1.86 bits per heavy atom. The highest BCUT2D eigenvalue weighted by molar-refractivity contribution is 9.10. The molecule has 0 aliphatic carbocycles. The molecule has 2 aromatic carbocycles. The number of piperazine rings is 1. The van der Waals surface area contributed by atoms with Crippen LogP contribution in [0, 0.1) is 10.1 Å². The molecule has 1 fully saturated rings. The smallest absolute Gasteiger partial charge is 0.271 e. The van der Waals surface area contributed by atoms with Gasteiger partial charge in [0.1, 0.15) is 5.69 Å². The number of benzene rings is 2. The Balaban J connectivity index is 1.41. The number of nitro groups is 1. The molecule has 1 N–H and O–H groups in total. The summed E-state index contributed by atoms with van der Waals surface area (Å²) in [6.07, 6.45) is 0. The number of para-hydroxylation sites is 1. The van der Waals surface area contributed by atoms with Crippen LogP contribution in [0.25, 0.3) is 10.9 Å². The Morgan fingerprint density at radius 1 is 1.11 bits per heavy atom. The predicted octanol–water partition coefficient (Wildman–Crippen LogP) is 3.80. The number of non-ortho nitro benzene ring substituents is 1. The van der Waals surface area contributed by atoms with Gasteiger partial charge in [0, 0.05) is 55.8 Å². The molecule has 8 heteroatoms. The normalized spacial score (nSPS) is 15.1. The first-order valence-electron chi connectivity index (χ1n) is 9.04. The van der Waals surface area contributed by atoms with E-state index < -0.39 is 0 Å². The minimum atomic E-state index is -0.377. The highest BCUT2D eigenvalue weighted by atomic mass is 79.9. The number of aromatic nitrogens is 1. The van der Waals surface area contributed by atoms with E-state index in [1.807, 2.05) is 35.2 Å². The minimum absolute atomic E-state index is 0.0157. The van der Waals surface area contributed by atoms with Gasteiger partial charge in [-0.05, 0) is 27.6 Å². The average Bonchev–Trinajstić information content (AvgIpc) is 3.05. The molecule has 3 aromatic rings. The number of amides is 1. The van der Waals surface area contributed by atoms with E-state index in [9.17, 15) is 14.9 Å². The number of carbonyl (C=O) groups is 1. The summed E-state index contributed by atoms with van der Waals surface area (Å²) < 4.78 is 0.798. The Kier molecular flexibility index (Phi) is 5.15. The molecule has 7 nitrogen and oxygen atoms in total. The lowest BCUT2D eigenvalue weighted by atomic mass is 10.1. The third kappa shape index (κ3) is 3.65. The number of fused-ring (bicyclic) bond motifs is 1. The first kappa shape index (κ1) is 18.6. The van der Waals surface area contributed by atoms with Gasteiger partial charge in [-0.3, -0.25) is 19.8 Å². The van der Waals surface area contributed by atoms with Gasteiger partial charge in [-0.15, -0.1) is 0 Å². The van der Waals surface area contributed by atoms with E-state index >= 15 is 0 Å². The molecule has 28 heavy (non-hydrogen) atoms. The van der Waals surface area contributed by atoms with Crippen LogP contribution in [-0.2, 0) is 6.54 Å². The first-order valence-corrected chi connectivity index (χ1v) is 9.83. The van der Waals surface area contributed by atoms with E-state index in [1.165, 1.54) is 6.07 Å². The number of H-pyrrole nitrogens is 1. The average molecular weight is 443 g/mol. The van der Waals surface area contributed by atoms with Gasteiger partial charge in [0.25, 0.3) is 11.6 Å². The van der Waals surface area contributed by atoms with E-state index in [1.54, 1.807) is 12.1 Å². The lowest BCUT2D eigenvalue weighted by molar-refractivity contribution is -0.384. The summed E-state index contributed by atoms with van der Waals surface area (Å²) >= 11 is 3.55. The number of nitrogens with zero attached hydrogens (tertiary/aromatic N) is 3. The zero-order valence-corrected chi connectivity index (χ0v) is 16.7. The van der Waals surface area contributed by atoms with Gasteiger partial charge < -0.3 is 9.88 Å². The molecule has 2 heterocycles. The Hall–Kier alpha value is -2.71. The quantitative estimate of drug-likeness (QED) is 0.491. The summed E-state index contributed by atoms with van der Waals surface area (Å²) in [5, 5.41) is 11.9. The zero-order chi connectivity index (χ0) is 19.7. The van der Waals surface area contributed by atoms with Crippen LogP contribution in [-0.4, -0.2) is 51.8 Å². The highest BCUT2D eigenvalue weighted by Crippen LogP contribution is 2.28. The van der Waals surface area contributed by atoms with E-state index in [0.29, 0.717) is 25.3 Å². The van der Waals surface area contributed by atoms with Crippen molar-refractivity contribution in [3.05, 3.63) is 74.4 Å². The second-order valence-corrected chi connectivity index (χ2v) is 7.65. The third-order valence-electron chi connectivity index (χ3n) is 5.04. The van der Waals surface area contributed by atoms with Crippen LogP contribution in [0.5, 0.6) is 0 Å². The van der Waals surface area contributed by atoms with Crippen molar-refractivity contribution < 1.29 is 9.72 Å². The second-order valence-electron chi connectivity index (χ2n) is 6.85. The number of hydrogen-bond acceptors (Lipinski definition) is 4. The van der Waals surface area contributed by atoms with Crippen molar-refractivity contribution in [2.75, 3.05) is 26.2 Å². The molecule has 1 aliphatic heterocycles. The summed E-state index contributed by atoms with van der Waals surface area (Å²) in [7, 11) is 0. The monoisotopic (exact) mass is 442 g/mol. The summed E-state index contributed by atoms with van der Waals surface area (Å²) in [5.74, 6) is -0.0157. The van der Waals surface area contributed by atoms with Crippen LogP contribution < -0.4 is 0 Å². The van der Waals surface area contributed by atoms with Crippen molar-refractivity contribution in [3.63, 3.8) is 0 Å². The van der Waals surface area contributed by atoms with Crippen LogP contribution in [0.1, 0.15) is 16.1 Å². The topological polar surface area (TPSA) is 82.5 Å². The van der Waals surface area contributed by atoms with Gasteiger partial charge in [0.15, 0.2) is 0 Å². The molecule has 0 atom stereocenters. The molecule has 1 aromatic heterocycles. The van der Waals surface area contributed by atoms with E-state index in [2.05, 4.69) is 25.8 Å². The van der Waals surface area contributed by atoms with Crippen LogP contribution in [0.2, 0.25) is 0 Å². The maximum atomic E-state index is 12.9. The molecule has 0 bridgehead atoms. The van der Waals surface area contributed by atoms with Crippen molar-refractivity contribution in [3.8, 4) is 0 Å². The molecular weight excluding hydrogens is 424 g/mol. The van der Waals surface area contributed by atoms with E-state index in [4.69, 9.17) is 0 Å². The number of halogens is 1. The second kappa shape index (κ2) is 7.73. The molecule has 0 radical (unpaired) electrons. The van der Waals surface area contributed by atoms with Crippen molar-refractivity contribution in [2.24, 2.45) is 0 Å². The van der Waals surface area contributed by atoms with Crippen molar-refractivity contribution in [1.82, 2.24) is 14.8 Å². The van der Waals surface area contributed by atoms with Crippen molar-refractivity contribution >= 4 is 38.4 Å². The number of hydrogen-bond donors (Lipinski definition) is 1. The zero-order valence-electron chi connectivity index (χ0n) is 15.1. The maximum absolute atomic E-state index is 12.9. The molecule has 1 aliphatic rings. The van der Waals surface area contributed by atoms with E-state index in [0.717, 1.165) is 34.0 Å². The standard InChI is InChI=1S/C20H19BrN4O3/c21-18-16-6-1-2-7-17(16)22-19(18)20(26)24-10-8-23(9-11-24)13-14-4-3-5-15(12-14)25(27)28/h1-7,12,22H,8-11,13H2. The molecule has 0 saturated carbocycles.